The summed E-state index contributed by atoms with van der Waals surface area (Å²) >= 11 is 0. The van der Waals surface area contributed by atoms with Crippen molar-refractivity contribution in [3.8, 4) is 0 Å². The fourth-order valence-electron chi connectivity index (χ4n) is 1.83. The third kappa shape index (κ3) is 17.4. The zero-order valence-electron chi connectivity index (χ0n) is 14.1. The number of hydrogen-bond donors (Lipinski definition) is 0. The van der Waals surface area contributed by atoms with Crippen molar-refractivity contribution in [1.82, 2.24) is 0 Å². The summed E-state index contributed by atoms with van der Waals surface area (Å²) in [5, 5.41) is 0. The first-order valence-electron chi connectivity index (χ1n) is 7.88. The molecule has 114 valence electrons. The smallest absolute Gasteiger partial charge is 0.0490 e. The van der Waals surface area contributed by atoms with E-state index in [-0.39, 0.29) is 0 Å². The van der Waals surface area contributed by atoms with Gasteiger partial charge in [0.25, 0.3) is 0 Å². The van der Waals surface area contributed by atoms with E-state index in [1.807, 2.05) is 26.0 Å². The molecule has 0 fully saturated rings. The van der Waals surface area contributed by atoms with Gasteiger partial charge < -0.3 is 4.74 Å². The Morgan fingerprint density at radius 3 is 2.11 bits per heavy atom. The van der Waals surface area contributed by atoms with Crippen LogP contribution in [0.1, 0.15) is 66.7 Å². The minimum atomic E-state index is 0.792. The molecule has 0 heterocycles. The van der Waals surface area contributed by atoms with E-state index in [1.165, 1.54) is 32.1 Å². The first-order valence-corrected chi connectivity index (χ1v) is 7.88. The quantitative estimate of drug-likeness (QED) is 0.554. The van der Waals surface area contributed by atoms with Crippen molar-refractivity contribution in [3.63, 3.8) is 0 Å². The van der Waals surface area contributed by atoms with Gasteiger partial charge in [-0.15, -0.1) is 0 Å². The first kappa shape index (κ1) is 20.8. The van der Waals surface area contributed by atoms with Gasteiger partial charge in [-0.1, -0.05) is 57.9 Å². The van der Waals surface area contributed by atoms with Crippen molar-refractivity contribution >= 4 is 0 Å². The first-order chi connectivity index (χ1) is 9.15. The lowest BCUT2D eigenvalue weighted by atomic mass is 10.0. The van der Waals surface area contributed by atoms with Gasteiger partial charge in [-0.2, -0.15) is 0 Å². The maximum absolute atomic E-state index is 5.05. The molecular weight excluding hydrogens is 232 g/mol. The Hall–Kier alpha value is -0.560. The highest BCUT2D eigenvalue weighted by Crippen LogP contribution is 2.14. The van der Waals surface area contributed by atoms with Gasteiger partial charge in [0, 0.05) is 13.7 Å². The number of hydrogen-bond acceptors (Lipinski definition) is 1. The molecule has 0 aromatic carbocycles. The van der Waals surface area contributed by atoms with E-state index >= 15 is 0 Å². The normalized spacial score (nSPS) is 18.5. The predicted molar refractivity (Wildman–Crippen MR) is 88.6 cm³/mol. The van der Waals surface area contributed by atoms with Gasteiger partial charge in [-0.05, 0) is 44.9 Å². The van der Waals surface area contributed by atoms with Crippen LogP contribution in [0.15, 0.2) is 24.3 Å². The predicted octanol–water partition coefficient (Wildman–Crippen LogP) is 6.01. The van der Waals surface area contributed by atoms with E-state index in [9.17, 15) is 0 Å². The maximum atomic E-state index is 5.05. The maximum Gasteiger partial charge on any atom is 0.0490 e. The van der Waals surface area contributed by atoms with Gasteiger partial charge in [0.05, 0.1) is 0 Å². The van der Waals surface area contributed by atoms with Crippen molar-refractivity contribution in [2.75, 3.05) is 13.7 Å². The van der Waals surface area contributed by atoms with Crippen LogP contribution < -0.4 is 0 Å². The molecule has 0 aliphatic heterocycles. The van der Waals surface area contributed by atoms with E-state index in [2.05, 4.69) is 32.9 Å². The van der Waals surface area contributed by atoms with Crippen LogP contribution in [-0.4, -0.2) is 13.7 Å². The molecule has 1 heteroatoms. The fraction of sp³-hybridized carbons (Fsp3) is 0.778. The third-order valence-corrected chi connectivity index (χ3v) is 3.26. The molecule has 0 bridgehead atoms. The Morgan fingerprint density at radius 2 is 1.89 bits per heavy atom. The van der Waals surface area contributed by atoms with Crippen LogP contribution in [0.25, 0.3) is 0 Å². The Labute approximate surface area is 122 Å². The van der Waals surface area contributed by atoms with Crippen LogP contribution in [0.4, 0.5) is 0 Å². The summed E-state index contributed by atoms with van der Waals surface area (Å²) in [6.07, 6.45) is 15.1. The van der Waals surface area contributed by atoms with Crippen molar-refractivity contribution in [2.24, 2.45) is 11.8 Å². The number of allylic oxidation sites excluding steroid dienone is 4. The van der Waals surface area contributed by atoms with Crippen molar-refractivity contribution < 1.29 is 4.74 Å². The lowest BCUT2D eigenvalue weighted by molar-refractivity contribution is 0.145. The lowest BCUT2D eigenvalue weighted by Gasteiger charge is -2.10. The zero-order chi connectivity index (χ0) is 14.9. The van der Waals surface area contributed by atoms with Gasteiger partial charge in [-0.25, -0.2) is 0 Å². The molecule has 1 aliphatic rings. The Morgan fingerprint density at radius 1 is 1.26 bits per heavy atom. The molecule has 2 unspecified atom stereocenters. The summed E-state index contributed by atoms with van der Waals surface area (Å²) in [5.41, 5.74) is 0. The van der Waals surface area contributed by atoms with Crippen LogP contribution in [-0.2, 0) is 4.74 Å². The molecule has 0 saturated carbocycles. The number of ether oxygens (including phenoxy) is 1. The minimum Gasteiger partial charge on any atom is -0.384 e. The van der Waals surface area contributed by atoms with Crippen molar-refractivity contribution in [2.45, 2.75) is 66.7 Å². The lowest BCUT2D eigenvalue weighted by Crippen LogP contribution is -2.05. The van der Waals surface area contributed by atoms with E-state index < -0.39 is 0 Å². The average Bonchev–Trinajstić information content (AvgIpc) is 2.90. The summed E-state index contributed by atoms with van der Waals surface area (Å²) in [6.45, 7) is 11.6. The van der Waals surface area contributed by atoms with E-state index in [1.54, 1.807) is 7.11 Å². The van der Waals surface area contributed by atoms with Crippen LogP contribution in [0.2, 0.25) is 0 Å². The topological polar surface area (TPSA) is 9.23 Å². The molecule has 1 rings (SSSR count). The van der Waals surface area contributed by atoms with Crippen LogP contribution in [0.3, 0.4) is 0 Å². The highest BCUT2D eigenvalue weighted by Gasteiger charge is 2.02. The molecule has 1 nitrogen and oxygen atoms in total. The van der Waals surface area contributed by atoms with E-state index in [0.717, 1.165) is 18.4 Å². The highest BCUT2D eigenvalue weighted by atomic mass is 16.5. The average molecular weight is 268 g/mol. The summed E-state index contributed by atoms with van der Waals surface area (Å²) in [7, 11) is 1.78. The molecule has 0 spiro atoms. The van der Waals surface area contributed by atoms with Gasteiger partial charge in [-0.3, -0.25) is 0 Å². The summed E-state index contributed by atoms with van der Waals surface area (Å²) in [5.74, 6) is 1.66. The molecule has 0 aromatic rings. The summed E-state index contributed by atoms with van der Waals surface area (Å²) < 4.78 is 5.05. The highest BCUT2D eigenvalue weighted by molar-refractivity contribution is 4.93. The Bertz CT molecular complexity index is 196. The monoisotopic (exact) mass is 268 g/mol. The molecule has 2 atom stereocenters. The second-order valence-corrected chi connectivity index (χ2v) is 5.17. The van der Waals surface area contributed by atoms with E-state index in [4.69, 9.17) is 4.74 Å². The number of methoxy groups -OCH3 is 1. The second kappa shape index (κ2) is 17.4. The third-order valence-electron chi connectivity index (χ3n) is 3.26. The van der Waals surface area contributed by atoms with Crippen LogP contribution in [0.5, 0.6) is 0 Å². The Balaban J connectivity index is 0. The standard InChI is InChI=1S/C8H18O.C6H10.C4H8/c1-4-6-8(5-2)7-9-3;1-6-4-2-3-5-6;1-3-4-2/h8H,4-7H2,1-3H3;2,4,6H,3,5H2,1H3;3-4H,1-2H3/b;;4-3-. The van der Waals surface area contributed by atoms with Gasteiger partial charge in [0.15, 0.2) is 0 Å². The Kier molecular flexibility index (Phi) is 19.0. The van der Waals surface area contributed by atoms with Crippen LogP contribution in [0, 0.1) is 11.8 Å². The summed E-state index contributed by atoms with van der Waals surface area (Å²) in [4.78, 5) is 0. The number of rotatable bonds is 5. The minimum absolute atomic E-state index is 0.792. The molecule has 0 aromatic heterocycles. The van der Waals surface area contributed by atoms with Gasteiger partial charge >= 0.3 is 0 Å². The molecular formula is C18H36O. The largest absolute Gasteiger partial charge is 0.384 e. The van der Waals surface area contributed by atoms with Gasteiger partial charge in [0.1, 0.15) is 0 Å². The molecule has 0 amide bonds. The summed E-state index contributed by atoms with van der Waals surface area (Å²) in [6, 6.07) is 0. The van der Waals surface area contributed by atoms with Crippen molar-refractivity contribution in [3.05, 3.63) is 24.3 Å². The molecule has 0 N–H and O–H groups in total. The van der Waals surface area contributed by atoms with Crippen molar-refractivity contribution in [1.29, 1.82) is 0 Å². The second-order valence-electron chi connectivity index (χ2n) is 5.17. The SMILES string of the molecule is C/C=C\C.CC1C=CCC1.CCCC(CC)COC. The molecule has 19 heavy (non-hydrogen) atoms. The van der Waals surface area contributed by atoms with E-state index in [0.29, 0.717) is 0 Å². The molecule has 1 aliphatic carbocycles. The molecule has 0 radical (unpaired) electrons. The van der Waals surface area contributed by atoms with Crippen LogP contribution >= 0.6 is 0 Å². The zero-order valence-corrected chi connectivity index (χ0v) is 14.1. The van der Waals surface area contributed by atoms with Gasteiger partial charge in [0.2, 0.25) is 0 Å². The molecule has 0 saturated heterocycles. The fourth-order valence-corrected chi connectivity index (χ4v) is 1.83.